The third-order valence-corrected chi connectivity index (χ3v) is 7.83. The summed E-state index contributed by atoms with van der Waals surface area (Å²) in [5, 5.41) is 44.3. The van der Waals surface area contributed by atoms with Crippen LogP contribution in [0.4, 0.5) is 8.78 Å². The van der Waals surface area contributed by atoms with Gasteiger partial charge in [0.25, 0.3) is 5.91 Å². The number of aliphatic hydroxyl groups excluding tert-OH is 2. The van der Waals surface area contributed by atoms with E-state index in [0.29, 0.717) is 6.07 Å². The highest BCUT2D eigenvalue weighted by Gasteiger charge is 2.63. The molecule has 0 aromatic heterocycles. The first kappa shape index (κ1) is 25.6. The molecule has 5 rings (SSSR count). The molecule has 9 nitrogen and oxygen atoms in total. The molecule has 3 aliphatic carbocycles. The maximum atomic E-state index is 14.7. The van der Waals surface area contributed by atoms with Gasteiger partial charge >= 0.3 is 0 Å². The quantitative estimate of drug-likeness (QED) is 0.380. The van der Waals surface area contributed by atoms with Gasteiger partial charge in [-0.2, -0.15) is 0 Å². The summed E-state index contributed by atoms with van der Waals surface area (Å²) in [7, 11) is 3.06. The minimum absolute atomic E-state index is 0.00916. The van der Waals surface area contributed by atoms with Crippen LogP contribution in [0.3, 0.4) is 0 Å². The number of carbonyl (C=O) groups excluding carboxylic acids is 3. The summed E-state index contributed by atoms with van der Waals surface area (Å²) in [6.45, 7) is 0. The molecule has 2 aromatic rings. The average molecular weight is 526 g/mol. The average Bonchev–Trinajstić information content (AvgIpc) is 2.81. The van der Waals surface area contributed by atoms with E-state index in [0.717, 1.165) is 12.1 Å². The normalized spacial score (nSPS) is 26.8. The summed E-state index contributed by atoms with van der Waals surface area (Å²) in [6.07, 6.45) is -0.123. The molecular formula is C27H24F2N2O7. The van der Waals surface area contributed by atoms with Crippen LogP contribution in [0.25, 0.3) is 11.1 Å². The van der Waals surface area contributed by atoms with Gasteiger partial charge in [0.2, 0.25) is 5.78 Å². The molecule has 0 aliphatic heterocycles. The SMILES string of the molecule is CN(C)C1C(O)=C(C(N)=O)C(=O)C2(O)C(O)=C3C(=O)c4c(O)ccc(-c5ccc(F)cc5F)c4CC3CC12. The van der Waals surface area contributed by atoms with Crippen LogP contribution in [0.1, 0.15) is 22.3 Å². The van der Waals surface area contributed by atoms with Crippen LogP contribution in [0.2, 0.25) is 0 Å². The molecule has 2 aromatic carbocycles. The first-order chi connectivity index (χ1) is 17.8. The number of phenols is 1. The second-order valence-corrected chi connectivity index (χ2v) is 10.1. The lowest BCUT2D eigenvalue weighted by Gasteiger charge is -2.50. The van der Waals surface area contributed by atoms with E-state index in [9.17, 15) is 43.6 Å². The zero-order valence-electron chi connectivity index (χ0n) is 20.3. The number of nitrogens with zero attached hydrogens (tertiary/aromatic N) is 1. The lowest BCUT2D eigenvalue weighted by atomic mass is 9.58. The zero-order chi connectivity index (χ0) is 27.8. The van der Waals surface area contributed by atoms with Crippen LogP contribution in [0.5, 0.6) is 5.75 Å². The van der Waals surface area contributed by atoms with Crippen LogP contribution in [-0.2, 0) is 16.0 Å². The Morgan fingerprint density at radius 3 is 2.34 bits per heavy atom. The number of aliphatic hydroxyl groups is 3. The van der Waals surface area contributed by atoms with Gasteiger partial charge in [-0.05, 0) is 62.2 Å². The second-order valence-electron chi connectivity index (χ2n) is 10.1. The molecule has 6 N–H and O–H groups in total. The fourth-order valence-electron chi connectivity index (χ4n) is 6.21. The van der Waals surface area contributed by atoms with E-state index in [2.05, 4.69) is 0 Å². The van der Waals surface area contributed by atoms with Crippen molar-refractivity contribution in [3.8, 4) is 16.9 Å². The number of aromatic hydroxyl groups is 1. The largest absolute Gasteiger partial charge is 0.510 e. The van der Waals surface area contributed by atoms with Crippen LogP contribution < -0.4 is 5.73 Å². The number of amides is 1. The number of carbonyl (C=O) groups is 3. The second kappa shape index (κ2) is 8.47. The van der Waals surface area contributed by atoms with E-state index in [1.165, 1.54) is 31.1 Å². The molecule has 0 radical (unpaired) electrons. The number of hydrogen-bond donors (Lipinski definition) is 5. The van der Waals surface area contributed by atoms with Gasteiger partial charge in [0, 0.05) is 23.1 Å². The van der Waals surface area contributed by atoms with E-state index < -0.39 is 75.4 Å². The first-order valence-electron chi connectivity index (χ1n) is 11.8. The lowest BCUT2D eigenvalue weighted by molar-refractivity contribution is -0.148. The summed E-state index contributed by atoms with van der Waals surface area (Å²) < 4.78 is 28.3. The standard InChI is InChI=1S/C27H24F2N2O7/c1-31(2)21-15-8-10-7-14-12(13-4-3-11(28)9-16(13)29)5-6-17(32)19(14)22(33)18(10)24(35)27(15,38)25(36)20(23(21)34)26(30)37/h3-6,9-10,15,21,32,34-35,38H,7-8H2,1-2H3,(H2,30,37). The van der Waals surface area contributed by atoms with Crippen molar-refractivity contribution in [2.24, 2.45) is 17.6 Å². The lowest BCUT2D eigenvalue weighted by Crippen LogP contribution is -2.63. The van der Waals surface area contributed by atoms with Crippen molar-refractivity contribution in [3.63, 3.8) is 0 Å². The summed E-state index contributed by atoms with van der Waals surface area (Å²) >= 11 is 0. The summed E-state index contributed by atoms with van der Waals surface area (Å²) in [4.78, 5) is 40.5. The number of Topliss-reactive ketones (excluding diaryl/α,β-unsaturated/α-hetero) is 2. The van der Waals surface area contributed by atoms with E-state index in [1.54, 1.807) is 0 Å². The van der Waals surface area contributed by atoms with Crippen molar-refractivity contribution < 1.29 is 43.6 Å². The maximum absolute atomic E-state index is 14.7. The molecule has 0 bridgehead atoms. The number of benzene rings is 2. The molecule has 38 heavy (non-hydrogen) atoms. The van der Waals surface area contributed by atoms with Crippen molar-refractivity contribution >= 4 is 17.5 Å². The van der Waals surface area contributed by atoms with E-state index in [1.807, 2.05) is 0 Å². The molecule has 1 amide bonds. The van der Waals surface area contributed by atoms with Gasteiger partial charge in [0.15, 0.2) is 11.4 Å². The van der Waals surface area contributed by atoms with Crippen molar-refractivity contribution in [2.45, 2.75) is 24.5 Å². The third-order valence-electron chi connectivity index (χ3n) is 7.83. The Morgan fingerprint density at radius 2 is 1.74 bits per heavy atom. The van der Waals surface area contributed by atoms with Gasteiger partial charge in [0.1, 0.15) is 34.5 Å². The smallest absolute Gasteiger partial charge is 0.255 e. The Bertz CT molecular complexity index is 1510. The number of halogens is 2. The third kappa shape index (κ3) is 3.31. The number of primary amides is 1. The Balaban J connectivity index is 1.73. The van der Waals surface area contributed by atoms with Crippen LogP contribution >= 0.6 is 0 Å². The molecule has 11 heteroatoms. The zero-order valence-corrected chi connectivity index (χ0v) is 20.3. The molecule has 0 spiro atoms. The monoisotopic (exact) mass is 526 g/mol. The fourth-order valence-corrected chi connectivity index (χ4v) is 6.21. The topological polar surface area (TPSA) is 161 Å². The number of rotatable bonds is 3. The number of phenolic OH excluding ortho intramolecular Hbond substituents is 1. The molecule has 0 saturated heterocycles. The Kier molecular flexibility index (Phi) is 5.69. The summed E-state index contributed by atoms with van der Waals surface area (Å²) in [6, 6.07) is 4.39. The molecule has 0 fully saturated rings. The van der Waals surface area contributed by atoms with Gasteiger partial charge in [-0.25, -0.2) is 8.78 Å². The van der Waals surface area contributed by atoms with Gasteiger partial charge in [-0.3, -0.25) is 19.3 Å². The number of allylic oxidation sites excluding steroid dienone is 1. The van der Waals surface area contributed by atoms with Crippen LogP contribution in [0.15, 0.2) is 53.0 Å². The van der Waals surface area contributed by atoms with Crippen molar-refractivity contribution in [1.29, 1.82) is 0 Å². The number of likely N-dealkylation sites (N-methyl/N-ethyl adjacent to an activating group) is 1. The molecule has 3 aliphatic rings. The Labute approximate surface area is 215 Å². The van der Waals surface area contributed by atoms with Crippen molar-refractivity contribution in [3.05, 3.63) is 75.8 Å². The molecular weight excluding hydrogens is 502 g/mol. The van der Waals surface area contributed by atoms with Crippen molar-refractivity contribution in [1.82, 2.24) is 4.90 Å². The van der Waals surface area contributed by atoms with Gasteiger partial charge < -0.3 is 26.2 Å². The number of fused-ring (bicyclic) bond motifs is 3. The summed E-state index contributed by atoms with van der Waals surface area (Å²) in [5.74, 6) is -9.35. The van der Waals surface area contributed by atoms with Gasteiger partial charge in [-0.1, -0.05) is 6.07 Å². The molecule has 0 saturated carbocycles. The predicted octanol–water partition coefficient (Wildman–Crippen LogP) is 2.07. The minimum atomic E-state index is -2.75. The highest BCUT2D eigenvalue weighted by atomic mass is 19.1. The van der Waals surface area contributed by atoms with E-state index in [-0.39, 0.29) is 40.7 Å². The fraction of sp³-hybridized carbons (Fsp3) is 0.296. The summed E-state index contributed by atoms with van der Waals surface area (Å²) in [5.41, 5.74) is 1.55. The molecule has 4 atom stereocenters. The van der Waals surface area contributed by atoms with Gasteiger partial charge in [-0.15, -0.1) is 0 Å². The van der Waals surface area contributed by atoms with Crippen molar-refractivity contribution in [2.75, 3.05) is 14.1 Å². The molecule has 4 unspecified atom stereocenters. The Morgan fingerprint density at radius 1 is 1.08 bits per heavy atom. The Hall–Kier alpha value is -4.09. The predicted molar refractivity (Wildman–Crippen MR) is 129 cm³/mol. The number of hydrogen-bond acceptors (Lipinski definition) is 8. The molecule has 198 valence electrons. The minimum Gasteiger partial charge on any atom is -0.510 e. The molecule has 0 heterocycles. The maximum Gasteiger partial charge on any atom is 0.255 e. The first-order valence-corrected chi connectivity index (χ1v) is 11.8. The van der Waals surface area contributed by atoms with E-state index in [4.69, 9.17) is 5.73 Å². The van der Waals surface area contributed by atoms with Crippen LogP contribution in [-0.4, -0.2) is 68.5 Å². The number of ketones is 2. The highest BCUT2D eigenvalue weighted by Crippen LogP contribution is 2.53. The van der Waals surface area contributed by atoms with Crippen LogP contribution in [0, 0.1) is 23.5 Å². The highest BCUT2D eigenvalue weighted by molar-refractivity contribution is 6.24. The number of nitrogens with two attached hydrogens (primary N) is 1. The van der Waals surface area contributed by atoms with E-state index >= 15 is 0 Å². The van der Waals surface area contributed by atoms with Gasteiger partial charge in [0.05, 0.1) is 11.6 Å².